The number of amides is 1. The lowest BCUT2D eigenvalue weighted by Crippen LogP contribution is -2.50. The molecular weight excluding hydrogens is 370 g/mol. The highest BCUT2D eigenvalue weighted by atomic mass is 32.2. The van der Waals surface area contributed by atoms with Crippen molar-refractivity contribution in [1.29, 1.82) is 0 Å². The average molecular weight is 389 g/mol. The number of aromatic carboxylic acids is 1. The topological polar surface area (TPSA) is 108 Å². The van der Waals surface area contributed by atoms with Crippen LogP contribution in [0.4, 0.5) is 0 Å². The average Bonchev–Trinajstić information content (AvgIpc) is 2.68. The summed E-state index contributed by atoms with van der Waals surface area (Å²) in [4.78, 5) is 29.5. The quantitative estimate of drug-likeness (QED) is 0.843. The van der Waals surface area contributed by atoms with Gasteiger partial charge in [0.15, 0.2) is 0 Å². The highest BCUT2D eigenvalue weighted by Gasteiger charge is 2.30. The molecule has 3 rings (SSSR count). The summed E-state index contributed by atoms with van der Waals surface area (Å²) in [6.07, 6.45) is 0. The minimum Gasteiger partial charge on any atom is -0.478 e. The van der Waals surface area contributed by atoms with Gasteiger partial charge in [-0.1, -0.05) is 18.2 Å². The third-order valence-corrected chi connectivity index (χ3v) is 6.36. The number of aromatic nitrogens is 1. The lowest BCUT2D eigenvalue weighted by atomic mass is 10.1. The number of benzene rings is 1. The lowest BCUT2D eigenvalue weighted by Gasteiger charge is -2.33. The van der Waals surface area contributed by atoms with Crippen molar-refractivity contribution in [3.05, 3.63) is 59.4 Å². The Balaban J connectivity index is 1.70. The van der Waals surface area contributed by atoms with E-state index in [0.29, 0.717) is 0 Å². The van der Waals surface area contributed by atoms with E-state index in [1.165, 1.54) is 28.3 Å². The summed E-state index contributed by atoms with van der Waals surface area (Å²) in [5.74, 6) is -1.44. The Bertz CT molecular complexity index is 968. The maximum absolute atomic E-state index is 12.6. The van der Waals surface area contributed by atoms with Crippen LogP contribution in [0.2, 0.25) is 0 Å². The molecular formula is C18H19N3O5S. The number of carbonyl (C=O) groups is 2. The highest BCUT2D eigenvalue weighted by Crippen LogP contribution is 2.18. The molecule has 1 N–H and O–H groups in total. The molecule has 1 aliphatic heterocycles. The second kappa shape index (κ2) is 7.45. The first kappa shape index (κ1) is 19.0. The molecule has 0 radical (unpaired) electrons. The first-order valence-corrected chi connectivity index (χ1v) is 9.80. The molecule has 0 atom stereocenters. The Labute approximate surface area is 157 Å². The van der Waals surface area contributed by atoms with E-state index in [1.807, 2.05) is 0 Å². The lowest BCUT2D eigenvalue weighted by molar-refractivity contribution is 0.0678. The molecule has 142 valence electrons. The van der Waals surface area contributed by atoms with Crippen LogP contribution in [0.5, 0.6) is 0 Å². The Morgan fingerprint density at radius 2 is 1.63 bits per heavy atom. The first-order chi connectivity index (χ1) is 12.8. The molecule has 0 saturated carbocycles. The summed E-state index contributed by atoms with van der Waals surface area (Å²) < 4.78 is 26.6. The summed E-state index contributed by atoms with van der Waals surface area (Å²) in [5.41, 5.74) is 0.459. The fraction of sp³-hybridized carbons (Fsp3) is 0.278. The van der Waals surface area contributed by atoms with Crippen molar-refractivity contribution < 1.29 is 23.1 Å². The van der Waals surface area contributed by atoms with Crippen LogP contribution in [0.1, 0.15) is 26.5 Å². The van der Waals surface area contributed by atoms with E-state index in [4.69, 9.17) is 5.11 Å². The summed E-state index contributed by atoms with van der Waals surface area (Å²) in [6, 6.07) is 10.9. The Kier molecular flexibility index (Phi) is 5.24. The van der Waals surface area contributed by atoms with Gasteiger partial charge in [-0.05, 0) is 31.2 Å². The molecule has 2 heterocycles. The van der Waals surface area contributed by atoms with Crippen LogP contribution in [0.3, 0.4) is 0 Å². The molecule has 1 fully saturated rings. The number of piperazine rings is 1. The molecule has 1 amide bonds. The predicted molar refractivity (Wildman–Crippen MR) is 97.0 cm³/mol. The standard InChI is InChI=1S/C18H19N3O5S/c1-13-15(18(23)24)7-8-16(19-13)17(22)20-9-11-21(12-10-20)27(25,26)14-5-3-2-4-6-14/h2-8H,9-12H2,1H3,(H,23,24). The van der Waals surface area contributed by atoms with Crippen molar-refractivity contribution in [3.8, 4) is 0 Å². The van der Waals surface area contributed by atoms with Crippen molar-refractivity contribution in [2.24, 2.45) is 0 Å². The Morgan fingerprint density at radius 1 is 1.00 bits per heavy atom. The summed E-state index contributed by atoms with van der Waals surface area (Å²) in [6.45, 7) is 2.40. The number of aryl methyl sites for hydroxylation is 1. The van der Waals surface area contributed by atoms with Gasteiger partial charge in [0, 0.05) is 26.2 Å². The number of nitrogens with zero attached hydrogens (tertiary/aromatic N) is 3. The number of rotatable bonds is 4. The van der Waals surface area contributed by atoms with E-state index in [-0.39, 0.29) is 53.9 Å². The SMILES string of the molecule is Cc1nc(C(=O)N2CCN(S(=O)(=O)c3ccccc3)CC2)ccc1C(=O)O. The molecule has 9 heteroatoms. The van der Waals surface area contributed by atoms with Crippen molar-refractivity contribution >= 4 is 21.9 Å². The number of hydrogen-bond donors (Lipinski definition) is 1. The van der Waals surface area contributed by atoms with Gasteiger partial charge in [-0.25, -0.2) is 18.2 Å². The fourth-order valence-electron chi connectivity index (χ4n) is 2.94. The number of carbonyl (C=O) groups excluding carboxylic acids is 1. The van der Waals surface area contributed by atoms with E-state index in [0.717, 1.165) is 0 Å². The van der Waals surface area contributed by atoms with Gasteiger partial charge in [0.05, 0.1) is 16.2 Å². The van der Waals surface area contributed by atoms with E-state index in [2.05, 4.69) is 4.98 Å². The van der Waals surface area contributed by atoms with Crippen LogP contribution in [0, 0.1) is 6.92 Å². The van der Waals surface area contributed by atoms with Crippen LogP contribution >= 0.6 is 0 Å². The van der Waals surface area contributed by atoms with Crippen LogP contribution in [0.15, 0.2) is 47.4 Å². The van der Waals surface area contributed by atoms with Crippen molar-refractivity contribution in [2.75, 3.05) is 26.2 Å². The van der Waals surface area contributed by atoms with Crippen LogP contribution in [-0.2, 0) is 10.0 Å². The molecule has 1 aliphatic rings. The number of sulfonamides is 1. The van der Waals surface area contributed by atoms with Gasteiger partial charge >= 0.3 is 5.97 Å². The number of pyridine rings is 1. The highest BCUT2D eigenvalue weighted by molar-refractivity contribution is 7.89. The molecule has 1 aromatic carbocycles. The van der Waals surface area contributed by atoms with E-state index in [9.17, 15) is 18.0 Å². The van der Waals surface area contributed by atoms with Gasteiger partial charge in [-0.15, -0.1) is 0 Å². The zero-order chi connectivity index (χ0) is 19.6. The third-order valence-electron chi connectivity index (χ3n) is 4.44. The summed E-state index contributed by atoms with van der Waals surface area (Å²) in [7, 11) is -3.58. The third kappa shape index (κ3) is 3.83. The number of carboxylic acids is 1. The molecule has 1 saturated heterocycles. The van der Waals surface area contributed by atoms with Crippen LogP contribution in [0.25, 0.3) is 0 Å². The zero-order valence-corrected chi connectivity index (χ0v) is 15.5. The maximum Gasteiger partial charge on any atom is 0.337 e. The van der Waals surface area contributed by atoms with Crippen LogP contribution < -0.4 is 0 Å². The smallest absolute Gasteiger partial charge is 0.337 e. The molecule has 0 spiro atoms. The molecule has 0 unspecified atom stereocenters. The molecule has 0 aliphatic carbocycles. The van der Waals surface area contributed by atoms with Crippen molar-refractivity contribution in [3.63, 3.8) is 0 Å². The molecule has 8 nitrogen and oxygen atoms in total. The predicted octanol–water partition coefficient (Wildman–Crippen LogP) is 1.23. The normalized spacial score (nSPS) is 15.5. The number of hydrogen-bond acceptors (Lipinski definition) is 5. The summed E-state index contributed by atoms with van der Waals surface area (Å²) >= 11 is 0. The largest absolute Gasteiger partial charge is 0.478 e. The molecule has 0 bridgehead atoms. The second-order valence-electron chi connectivity index (χ2n) is 6.14. The van der Waals surface area contributed by atoms with Gasteiger partial charge < -0.3 is 10.0 Å². The van der Waals surface area contributed by atoms with Gasteiger partial charge in [0.2, 0.25) is 10.0 Å². The Hall–Kier alpha value is -2.78. The minimum atomic E-state index is -3.58. The second-order valence-corrected chi connectivity index (χ2v) is 8.08. The van der Waals surface area contributed by atoms with Crippen molar-refractivity contribution in [2.45, 2.75) is 11.8 Å². The van der Waals surface area contributed by atoms with Gasteiger partial charge in [0.1, 0.15) is 5.69 Å². The van der Waals surface area contributed by atoms with E-state index in [1.54, 1.807) is 30.3 Å². The van der Waals surface area contributed by atoms with Crippen molar-refractivity contribution in [1.82, 2.24) is 14.2 Å². The van der Waals surface area contributed by atoms with Crippen LogP contribution in [-0.4, -0.2) is 65.8 Å². The fourth-order valence-corrected chi connectivity index (χ4v) is 4.38. The Morgan fingerprint density at radius 3 is 2.19 bits per heavy atom. The monoisotopic (exact) mass is 389 g/mol. The van der Waals surface area contributed by atoms with Gasteiger partial charge in [-0.2, -0.15) is 4.31 Å². The minimum absolute atomic E-state index is 0.0466. The zero-order valence-electron chi connectivity index (χ0n) is 14.7. The van der Waals surface area contributed by atoms with Gasteiger partial charge in [-0.3, -0.25) is 4.79 Å². The first-order valence-electron chi connectivity index (χ1n) is 8.36. The summed E-state index contributed by atoms with van der Waals surface area (Å²) in [5, 5.41) is 9.05. The molecule has 1 aromatic heterocycles. The number of carboxylic acid groups (broad SMARTS) is 1. The molecule has 27 heavy (non-hydrogen) atoms. The molecule has 2 aromatic rings. The maximum atomic E-state index is 12.6. The van der Waals surface area contributed by atoms with E-state index >= 15 is 0 Å². The van der Waals surface area contributed by atoms with Gasteiger partial charge in [0.25, 0.3) is 5.91 Å². The van der Waals surface area contributed by atoms with E-state index < -0.39 is 16.0 Å².